The van der Waals surface area contributed by atoms with Gasteiger partial charge in [0, 0.05) is 31.8 Å². The van der Waals surface area contributed by atoms with Gasteiger partial charge in [0.05, 0.1) is 12.1 Å². The number of hydrogen-bond donors (Lipinski definition) is 0. The maximum absolute atomic E-state index is 11.7. The van der Waals surface area contributed by atoms with E-state index in [-0.39, 0.29) is 6.10 Å². The Balaban J connectivity index is 1.37. The summed E-state index contributed by atoms with van der Waals surface area (Å²) in [6.45, 7) is 6.93. The Morgan fingerprint density at radius 2 is 2.00 bits per heavy atom. The number of fused-ring (bicyclic) bond motifs is 1. The molecule has 9 heteroatoms. The first-order valence-electron chi connectivity index (χ1n) is 10.4. The molecule has 3 unspecified atom stereocenters. The summed E-state index contributed by atoms with van der Waals surface area (Å²) in [5.41, 5.74) is 1.10. The highest BCUT2D eigenvalue weighted by molar-refractivity contribution is 6.30. The van der Waals surface area contributed by atoms with Crippen LogP contribution >= 0.6 is 0 Å². The molecule has 1 aromatic heterocycles. The van der Waals surface area contributed by atoms with Gasteiger partial charge >= 0.3 is 11.9 Å². The Kier molecular flexibility index (Phi) is 5.52. The van der Waals surface area contributed by atoms with Crippen LogP contribution in [-0.4, -0.2) is 64.4 Å². The van der Waals surface area contributed by atoms with Gasteiger partial charge in [-0.1, -0.05) is 19.3 Å². The number of aryl methyl sites for hydroxylation is 1. The summed E-state index contributed by atoms with van der Waals surface area (Å²) in [6, 6.07) is 2.42. The minimum absolute atomic E-state index is 0.186. The summed E-state index contributed by atoms with van der Waals surface area (Å²) in [5.74, 6) is -2.75. The van der Waals surface area contributed by atoms with E-state index in [1.54, 1.807) is 6.92 Å². The molecule has 4 rings (SSSR count). The Hall–Kier alpha value is -2.13. The van der Waals surface area contributed by atoms with Crippen molar-refractivity contribution in [1.29, 1.82) is 0 Å². The fourth-order valence-corrected chi connectivity index (χ4v) is 4.58. The van der Waals surface area contributed by atoms with Crippen molar-refractivity contribution in [3.8, 4) is 5.88 Å². The number of ether oxygens (including phenoxy) is 4. The smallest absolute Gasteiger partial charge is 0.420 e. The van der Waals surface area contributed by atoms with Crippen LogP contribution in [0.2, 0.25) is 0 Å². The van der Waals surface area contributed by atoms with Gasteiger partial charge in [-0.05, 0) is 26.7 Å². The predicted molar refractivity (Wildman–Crippen MR) is 101 cm³/mol. The van der Waals surface area contributed by atoms with E-state index in [2.05, 4.69) is 16.7 Å². The van der Waals surface area contributed by atoms with Crippen molar-refractivity contribution in [2.24, 2.45) is 0 Å². The second-order valence-corrected chi connectivity index (χ2v) is 8.30. The normalized spacial score (nSPS) is 31.1. The SMILES string of the molecule is Cc1cc(OCCN2CC(C)OC3(C)OC(=O)C(=O)OC23)nn1C1CCCCC1. The van der Waals surface area contributed by atoms with E-state index >= 15 is 0 Å². The molecule has 2 aliphatic heterocycles. The lowest BCUT2D eigenvalue weighted by molar-refractivity contribution is -0.346. The molecule has 1 saturated carbocycles. The van der Waals surface area contributed by atoms with E-state index in [0.717, 1.165) is 18.5 Å². The predicted octanol–water partition coefficient (Wildman–Crippen LogP) is 1.94. The lowest BCUT2D eigenvalue weighted by Crippen LogP contribution is -2.67. The van der Waals surface area contributed by atoms with Crippen LogP contribution in [-0.2, 0) is 23.8 Å². The van der Waals surface area contributed by atoms with Gasteiger partial charge in [-0.25, -0.2) is 9.59 Å². The van der Waals surface area contributed by atoms with Gasteiger partial charge in [0.25, 0.3) is 5.79 Å². The molecule has 3 heterocycles. The van der Waals surface area contributed by atoms with E-state index < -0.39 is 24.0 Å². The molecule has 9 nitrogen and oxygen atoms in total. The summed E-state index contributed by atoms with van der Waals surface area (Å²) in [5, 5.41) is 4.64. The topological polar surface area (TPSA) is 92.1 Å². The maximum Gasteiger partial charge on any atom is 0.420 e. The number of carbonyl (C=O) groups is 2. The standard InChI is InChI=1S/C20H29N3O6/c1-13-11-16(21-23(13)15-7-5-4-6-8-15)26-10-9-22-12-14(2)28-20(3)19(22)27-17(24)18(25)29-20/h11,14-15,19H,4-10,12H2,1-3H3. The Labute approximate surface area is 170 Å². The summed E-state index contributed by atoms with van der Waals surface area (Å²) in [4.78, 5) is 25.2. The van der Waals surface area contributed by atoms with Gasteiger partial charge < -0.3 is 18.9 Å². The fourth-order valence-electron chi connectivity index (χ4n) is 4.58. The van der Waals surface area contributed by atoms with Gasteiger partial charge in [0.15, 0.2) is 0 Å². The molecule has 0 spiro atoms. The minimum atomic E-state index is -1.32. The third-order valence-electron chi connectivity index (χ3n) is 5.84. The van der Waals surface area contributed by atoms with Crippen LogP contribution < -0.4 is 4.74 Å². The van der Waals surface area contributed by atoms with Crippen molar-refractivity contribution in [1.82, 2.24) is 14.7 Å². The van der Waals surface area contributed by atoms with E-state index in [9.17, 15) is 9.59 Å². The largest absolute Gasteiger partial charge is 0.475 e. The van der Waals surface area contributed by atoms with Gasteiger partial charge in [-0.2, -0.15) is 0 Å². The molecular weight excluding hydrogens is 378 g/mol. The van der Waals surface area contributed by atoms with Crippen LogP contribution in [0.5, 0.6) is 5.88 Å². The quantitative estimate of drug-likeness (QED) is 0.540. The molecule has 1 aromatic rings. The molecule has 3 atom stereocenters. The molecule has 0 radical (unpaired) electrons. The van der Waals surface area contributed by atoms with E-state index in [0.29, 0.717) is 31.6 Å². The van der Waals surface area contributed by atoms with Crippen molar-refractivity contribution < 1.29 is 28.5 Å². The zero-order valence-electron chi connectivity index (χ0n) is 17.3. The third kappa shape index (κ3) is 4.11. The van der Waals surface area contributed by atoms with Crippen LogP contribution in [0.15, 0.2) is 6.07 Å². The summed E-state index contributed by atoms with van der Waals surface area (Å²) >= 11 is 0. The van der Waals surface area contributed by atoms with Crippen LogP contribution in [0.1, 0.15) is 57.7 Å². The highest BCUT2D eigenvalue weighted by atomic mass is 16.8. The highest BCUT2D eigenvalue weighted by Gasteiger charge is 2.55. The number of carbonyl (C=O) groups excluding carboxylic acids is 2. The second kappa shape index (κ2) is 7.95. The van der Waals surface area contributed by atoms with E-state index in [1.165, 1.54) is 19.3 Å². The molecule has 0 bridgehead atoms. The van der Waals surface area contributed by atoms with E-state index in [1.807, 2.05) is 17.9 Å². The zero-order chi connectivity index (χ0) is 20.6. The van der Waals surface area contributed by atoms with Crippen LogP contribution in [0, 0.1) is 6.92 Å². The molecule has 29 heavy (non-hydrogen) atoms. The lowest BCUT2D eigenvalue weighted by Gasteiger charge is -2.49. The number of aromatic nitrogens is 2. The highest BCUT2D eigenvalue weighted by Crippen LogP contribution is 2.33. The Morgan fingerprint density at radius 1 is 1.24 bits per heavy atom. The van der Waals surface area contributed by atoms with Crippen molar-refractivity contribution >= 4 is 11.9 Å². The Morgan fingerprint density at radius 3 is 2.76 bits per heavy atom. The van der Waals surface area contributed by atoms with Crippen LogP contribution in [0.25, 0.3) is 0 Å². The Bertz CT molecular complexity index is 774. The van der Waals surface area contributed by atoms with Crippen LogP contribution in [0.3, 0.4) is 0 Å². The second-order valence-electron chi connectivity index (χ2n) is 8.30. The summed E-state index contributed by atoms with van der Waals surface area (Å²) in [7, 11) is 0. The first kappa shape index (κ1) is 20.2. The number of rotatable bonds is 5. The molecule has 3 aliphatic rings. The molecule has 1 aliphatic carbocycles. The molecule has 2 saturated heterocycles. The number of nitrogens with zero attached hydrogens (tertiary/aromatic N) is 3. The molecule has 0 amide bonds. The first-order valence-corrected chi connectivity index (χ1v) is 10.4. The van der Waals surface area contributed by atoms with Gasteiger partial charge in [0.2, 0.25) is 12.1 Å². The average molecular weight is 407 g/mol. The van der Waals surface area contributed by atoms with Gasteiger partial charge in [0.1, 0.15) is 6.61 Å². The summed E-state index contributed by atoms with van der Waals surface area (Å²) in [6.07, 6.45) is 5.15. The van der Waals surface area contributed by atoms with Crippen LogP contribution in [0.4, 0.5) is 0 Å². The van der Waals surface area contributed by atoms with Crippen molar-refractivity contribution in [2.75, 3.05) is 19.7 Å². The summed E-state index contributed by atoms with van der Waals surface area (Å²) < 4.78 is 24.2. The number of hydrogen-bond acceptors (Lipinski definition) is 8. The molecule has 0 N–H and O–H groups in total. The zero-order valence-corrected chi connectivity index (χ0v) is 17.3. The number of esters is 2. The minimum Gasteiger partial charge on any atom is -0.475 e. The molecule has 3 fully saturated rings. The third-order valence-corrected chi connectivity index (χ3v) is 5.84. The first-order chi connectivity index (χ1) is 13.9. The molecular formula is C20H29N3O6. The van der Waals surface area contributed by atoms with E-state index in [4.69, 9.17) is 18.9 Å². The lowest BCUT2D eigenvalue weighted by atomic mass is 9.95. The monoisotopic (exact) mass is 407 g/mol. The average Bonchev–Trinajstić information content (AvgIpc) is 3.04. The number of morpholine rings is 1. The van der Waals surface area contributed by atoms with Crippen molar-refractivity contribution in [3.05, 3.63) is 11.8 Å². The van der Waals surface area contributed by atoms with Gasteiger partial charge in [-0.15, -0.1) is 5.10 Å². The van der Waals surface area contributed by atoms with Crippen molar-refractivity contribution in [3.63, 3.8) is 0 Å². The van der Waals surface area contributed by atoms with Crippen molar-refractivity contribution in [2.45, 2.75) is 77.0 Å². The van der Waals surface area contributed by atoms with Gasteiger partial charge in [-0.3, -0.25) is 9.58 Å². The maximum atomic E-state index is 11.7. The molecule has 160 valence electrons. The fraction of sp³-hybridized carbons (Fsp3) is 0.750. The molecule has 0 aromatic carbocycles.